The lowest BCUT2D eigenvalue weighted by atomic mass is 10.1. The van der Waals surface area contributed by atoms with Gasteiger partial charge in [0.1, 0.15) is 6.10 Å². The molecule has 0 saturated carbocycles. The van der Waals surface area contributed by atoms with Crippen LogP contribution in [0.25, 0.3) is 0 Å². The van der Waals surface area contributed by atoms with Crippen molar-refractivity contribution in [3.63, 3.8) is 0 Å². The maximum atomic E-state index is 11.5. The second kappa shape index (κ2) is 5.35. The molecule has 3 nitrogen and oxygen atoms in total. The summed E-state index contributed by atoms with van der Waals surface area (Å²) in [6.07, 6.45) is 1.42. The molecule has 0 radical (unpaired) electrons. The van der Waals surface area contributed by atoms with Gasteiger partial charge in [0.05, 0.1) is 6.61 Å². The second-order valence-electron chi connectivity index (χ2n) is 3.47. The van der Waals surface area contributed by atoms with E-state index < -0.39 is 0 Å². The highest BCUT2D eigenvalue weighted by atomic mass is 16.5. The van der Waals surface area contributed by atoms with Gasteiger partial charge in [-0.05, 0) is 13.0 Å². The quantitative estimate of drug-likeness (QED) is 0.656. The molecule has 1 fully saturated rings. The fraction of sp³-hybridized carbons (Fsp3) is 0.900. The zero-order valence-electron chi connectivity index (χ0n) is 8.58. The number of rotatable bonds is 4. The third kappa shape index (κ3) is 3.08. The number of hydrogen-bond donors (Lipinski definition) is 0. The highest BCUT2D eigenvalue weighted by Crippen LogP contribution is 2.08. The number of likely N-dealkylation sites (N-methyl/N-ethyl adjacent to an activating group) is 1. The van der Waals surface area contributed by atoms with Crippen LogP contribution in [0.3, 0.4) is 0 Å². The minimum absolute atomic E-state index is 0.159. The minimum Gasteiger partial charge on any atom is -0.368 e. The summed E-state index contributed by atoms with van der Waals surface area (Å²) in [6, 6.07) is 0. The van der Waals surface area contributed by atoms with Gasteiger partial charge in [0.2, 0.25) is 0 Å². The maximum Gasteiger partial charge on any atom is 0.162 e. The van der Waals surface area contributed by atoms with Crippen molar-refractivity contribution in [2.75, 3.05) is 26.2 Å². The van der Waals surface area contributed by atoms with Crippen LogP contribution in [0, 0.1) is 0 Å². The molecule has 0 amide bonds. The van der Waals surface area contributed by atoms with E-state index >= 15 is 0 Å². The highest BCUT2D eigenvalue weighted by molar-refractivity contribution is 5.83. The predicted molar refractivity (Wildman–Crippen MR) is 51.8 cm³/mol. The highest BCUT2D eigenvalue weighted by Gasteiger charge is 2.24. The summed E-state index contributed by atoms with van der Waals surface area (Å²) in [5, 5.41) is 0. The molecule has 1 atom stereocenters. The topological polar surface area (TPSA) is 29.5 Å². The van der Waals surface area contributed by atoms with Gasteiger partial charge < -0.3 is 4.74 Å². The first-order valence-electron chi connectivity index (χ1n) is 5.14. The van der Waals surface area contributed by atoms with Crippen molar-refractivity contribution in [1.29, 1.82) is 0 Å². The maximum absolute atomic E-state index is 11.5. The summed E-state index contributed by atoms with van der Waals surface area (Å²) < 4.78 is 5.43. The Morgan fingerprint density at radius 3 is 2.92 bits per heavy atom. The normalized spacial score (nSPS) is 24.6. The van der Waals surface area contributed by atoms with Gasteiger partial charge in [0.15, 0.2) is 5.78 Å². The van der Waals surface area contributed by atoms with Crippen LogP contribution in [0.5, 0.6) is 0 Å². The molecule has 1 rings (SSSR count). The summed E-state index contributed by atoms with van der Waals surface area (Å²) in [5.74, 6) is 0.264. The molecule has 1 aliphatic heterocycles. The van der Waals surface area contributed by atoms with Crippen LogP contribution in [0.4, 0.5) is 0 Å². The Morgan fingerprint density at radius 2 is 2.31 bits per heavy atom. The number of morpholine rings is 1. The molecule has 1 unspecified atom stereocenters. The van der Waals surface area contributed by atoms with Gasteiger partial charge in [-0.3, -0.25) is 9.69 Å². The van der Waals surface area contributed by atoms with Crippen molar-refractivity contribution in [3.8, 4) is 0 Å². The molecule has 0 spiro atoms. The number of hydrogen-bond acceptors (Lipinski definition) is 3. The minimum atomic E-state index is -0.159. The van der Waals surface area contributed by atoms with E-state index in [9.17, 15) is 4.79 Å². The van der Waals surface area contributed by atoms with Gasteiger partial charge in [0.25, 0.3) is 0 Å². The molecule has 0 aromatic carbocycles. The van der Waals surface area contributed by atoms with Crippen LogP contribution in [0.15, 0.2) is 0 Å². The summed E-state index contributed by atoms with van der Waals surface area (Å²) in [6.45, 7) is 7.61. The van der Waals surface area contributed by atoms with Crippen LogP contribution >= 0.6 is 0 Å². The van der Waals surface area contributed by atoms with Gasteiger partial charge in [-0.2, -0.15) is 0 Å². The van der Waals surface area contributed by atoms with Gasteiger partial charge in [0, 0.05) is 19.5 Å². The smallest absolute Gasteiger partial charge is 0.162 e. The summed E-state index contributed by atoms with van der Waals surface area (Å²) in [5.41, 5.74) is 0. The lowest BCUT2D eigenvalue weighted by Gasteiger charge is -2.31. The Bertz CT molecular complexity index is 170. The van der Waals surface area contributed by atoms with E-state index in [0.717, 1.165) is 26.1 Å². The standard InChI is InChI=1S/C10H19NO2/c1-3-5-9(12)10-8-11(4-2)6-7-13-10/h10H,3-8H2,1-2H3. The van der Waals surface area contributed by atoms with Gasteiger partial charge in [-0.25, -0.2) is 0 Å². The number of ether oxygens (including phenoxy) is 1. The van der Waals surface area contributed by atoms with Crippen LogP contribution in [-0.2, 0) is 9.53 Å². The fourth-order valence-corrected chi connectivity index (χ4v) is 1.59. The molecule has 13 heavy (non-hydrogen) atoms. The lowest BCUT2D eigenvalue weighted by Crippen LogP contribution is -2.45. The van der Waals surface area contributed by atoms with E-state index in [1.54, 1.807) is 0 Å². The fourth-order valence-electron chi connectivity index (χ4n) is 1.59. The van der Waals surface area contributed by atoms with E-state index in [1.807, 2.05) is 6.92 Å². The molecule has 0 N–H and O–H groups in total. The van der Waals surface area contributed by atoms with Crippen LogP contribution in [-0.4, -0.2) is 43.0 Å². The van der Waals surface area contributed by atoms with Crippen LogP contribution in [0.1, 0.15) is 26.7 Å². The number of Topliss-reactive ketones (excluding diaryl/α,β-unsaturated/α-hetero) is 1. The van der Waals surface area contributed by atoms with Crippen LogP contribution < -0.4 is 0 Å². The van der Waals surface area contributed by atoms with Gasteiger partial charge in [-0.15, -0.1) is 0 Å². The first-order chi connectivity index (χ1) is 6.27. The van der Waals surface area contributed by atoms with E-state index in [-0.39, 0.29) is 11.9 Å². The summed E-state index contributed by atoms with van der Waals surface area (Å²) in [4.78, 5) is 13.8. The lowest BCUT2D eigenvalue weighted by molar-refractivity contribution is -0.136. The third-order valence-electron chi connectivity index (χ3n) is 2.45. The molecular formula is C10H19NO2. The molecule has 1 heterocycles. The van der Waals surface area contributed by atoms with Crippen molar-refractivity contribution in [2.24, 2.45) is 0 Å². The Hall–Kier alpha value is -0.410. The second-order valence-corrected chi connectivity index (χ2v) is 3.47. The van der Waals surface area contributed by atoms with Crippen molar-refractivity contribution >= 4 is 5.78 Å². The van der Waals surface area contributed by atoms with Crippen LogP contribution in [0.2, 0.25) is 0 Å². The molecule has 0 aromatic heterocycles. The summed E-state index contributed by atoms with van der Waals surface area (Å²) >= 11 is 0. The first kappa shape index (κ1) is 10.7. The third-order valence-corrected chi connectivity index (χ3v) is 2.45. The Kier molecular flexibility index (Phi) is 4.39. The van der Waals surface area contributed by atoms with Gasteiger partial charge in [-0.1, -0.05) is 13.8 Å². The molecular weight excluding hydrogens is 166 g/mol. The van der Waals surface area contributed by atoms with E-state index in [1.165, 1.54) is 0 Å². The van der Waals surface area contributed by atoms with Crippen molar-refractivity contribution in [2.45, 2.75) is 32.8 Å². The average molecular weight is 185 g/mol. The zero-order valence-corrected chi connectivity index (χ0v) is 8.58. The molecule has 76 valence electrons. The van der Waals surface area contributed by atoms with Crippen molar-refractivity contribution in [3.05, 3.63) is 0 Å². The Labute approximate surface area is 80.1 Å². The molecule has 0 bridgehead atoms. The number of carbonyl (C=O) groups excluding carboxylic acids is 1. The average Bonchev–Trinajstić information content (AvgIpc) is 2.18. The van der Waals surface area contributed by atoms with E-state index in [2.05, 4.69) is 11.8 Å². The molecule has 3 heteroatoms. The zero-order chi connectivity index (χ0) is 9.68. The number of ketones is 1. The monoisotopic (exact) mass is 185 g/mol. The number of nitrogens with zero attached hydrogens (tertiary/aromatic N) is 1. The molecule has 0 aromatic rings. The summed E-state index contributed by atoms with van der Waals surface area (Å²) in [7, 11) is 0. The molecule has 1 saturated heterocycles. The Balaban J connectivity index is 2.37. The first-order valence-corrected chi connectivity index (χ1v) is 5.14. The predicted octanol–water partition coefficient (Wildman–Crippen LogP) is 1.08. The largest absolute Gasteiger partial charge is 0.368 e. The molecule has 0 aliphatic carbocycles. The molecule has 1 aliphatic rings. The number of carbonyl (C=O) groups is 1. The van der Waals surface area contributed by atoms with Crippen molar-refractivity contribution < 1.29 is 9.53 Å². The van der Waals surface area contributed by atoms with E-state index in [4.69, 9.17) is 4.74 Å². The van der Waals surface area contributed by atoms with E-state index in [0.29, 0.717) is 13.0 Å². The Morgan fingerprint density at radius 1 is 1.54 bits per heavy atom. The SMILES string of the molecule is CCCC(=O)C1CN(CC)CCO1. The van der Waals surface area contributed by atoms with Crippen molar-refractivity contribution in [1.82, 2.24) is 4.90 Å². The van der Waals surface area contributed by atoms with Gasteiger partial charge >= 0.3 is 0 Å².